The van der Waals surface area contributed by atoms with Crippen molar-refractivity contribution < 1.29 is 4.79 Å². The number of hydrogen-bond donors (Lipinski definition) is 1. The number of hydrogen-bond acceptors (Lipinski definition) is 3. The van der Waals surface area contributed by atoms with Gasteiger partial charge in [0.1, 0.15) is 0 Å². The Hall–Kier alpha value is -1.62. The maximum Gasteiger partial charge on any atom is 0.259 e. The highest BCUT2D eigenvalue weighted by Gasteiger charge is 2.20. The Kier molecular flexibility index (Phi) is 3.14. The van der Waals surface area contributed by atoms with Crippen molar-refractivity contribution in [2.75, 3.05) is 5.32 Å². The van der Waals surface area contributed by atoms with Gasteiger partial charge in [0, 0.05) is 29.5 Å². The van der Waals surface area contributed by atoms with Crippen LogP contribution in [0, 0.1) is 0 Å². The van der Waals surface area contributed by atoms with Crippen LogP contribution in [-0.4, -0.2) is 15.5 Å². The number of fused-ring (bicyclic) bond motifs is 1. The van der Waals surface area contributed by atoms with Crippen molar-refractivity contribution >= 4 is 22.4 Å². The van der Waals surface area contributed by atoms with Crippen molar-refractivity contribution in [3.8, 4) is 0 Å². The zero-order chi connectivity index (χ0) is 13.4. The minimum atomic E-state index is -0.0414. The van der Waals surface area contributed by atoms with Gasteiger partial charge in [-0.2, -0.15) is 0 Å². The fourth-order valence-electron chi connectivity index (χ4n) is 2.39. The summed E-state index contributed by atoms with van der Waals surface area (Å²) in [6.07, 6.45) is 5.96. The van der Waals surface area contributed by atoms with Gasteiger partial charge in [-0.05, 0) is 24.8 Å². The van der Waals surface area contributed by atoms with Crippen LogP contribution in [0.1, 0.15) is 47.1 Å². The van der Waals surface area contributed by atoms with Crippen LogP contribution in [0.4, 0.5) is 5.13 Å². The quantitative estimate of drug-likeness (QED) is 0.934. The van der Waals surface area contributed by atoms with Gasteiger partial charge < -0.3 is 4.57 Å². The van der Waals surface area contributed by atoms with E-state index in [2.05, 4.69) is 28.7 Å². The minimum absolute atomic E-state index is 0.0414. The van der Waals surface area contributed by atoms with Gasteiger partial charge in [0.05, 0.1) is 5.56 Å². The van der Waals surface area contributed by atoms with Crippen LogP contribution in [0.2, 0.25) is 0 Å². The first kappa shape index (κ1) is 12.4. The lowest BCUT2D eigenvalue weighted by Gasteiger charge is -2.02. The second kappa shape index (κ2) is 4.81. The van der Waals surface area contributed by atoms with E-state index in [0.29, 0.717) is 11.0 Å². The maximum absolute atomic E-state index is 12.3. The Labute approximate surface area is 116 Å². The molecule has 2 aromatic rings. The van der Waals surface area contributed by atoms with Crippen LogP contribution in [0.3, 0.4) is 0 Å². The molecule has 0 aromatic carbocycles. The molecule has 19 heavy (non-hydrogen) atoms. The summed E-state index contributed by atoms with van der Waals surface area (Å²) in [5, 5.41) is 3.59. The zero-order valence-electron chi connectivity index (χ0n) is 11.1. The smallest absolute Gasteiger partial charge is 0.259 e. The number of amides is 1. The van der Waals surface area contributed by atoms with E-state index in [1.165, 1.54) is 4.88 Å². The molecule has 0 spiro atoms. The molecule has 1 aliphatic heterocycles. The van der Waals surface area contributed by atoms with E-state index in [1.807, 2.05) is 18.5 Å². The van der Waals surface area contributed by atoms with Crippen molar-refractivity contribution in [3.05, 3.63) is 34.6 Å². The number of aryl methyl sites for hydroxylation is 1. The van der Waals surface area contributed by atoms with E-state index in [1.54, 1.807) is 11.3 Å². The van der Waals surface area contributed by atoms with Gasteiger partial charge in [0.2, 0.25) is 0 Å². The van der Waals surface area contributed by atoms with E-state index < -0.39 is 0 Å². The number of thiazole rings is 1. The van der Waals surface area contributed by atoms with Gasteiger partial charge in [-0.25, -0.2) is 4.98 Å². The van der Waals surface area contributed by atoms with Crippen LogP contribution in [0.15, 0.2) is 18.5 Å². The minimum Gasteiger partial charge on any atom is -0.351 e. The molecule has 3 rings (SSSR count). The first-order valence-electron chi connectivity index (χ1n) is 6.60. The molecule has 0 atom stereocenters. The number of carbonyl (C=O) groups is 1. The van der Waals surface area contributed by atoms with E-state index >= 15 is 0 Å². The summed E-state index contributed by atoms with van der Waals surface area (Å²) < 4.78 is 2.16. The number of aromatic nitrogens is 2. The average Bonchev–Trinajstić information content (AvgIpc) is 3.03. The predicted molar refractivity (Wildman–Crippen MR) is 76.9 cm³/mol. The zero-order valence-corrected chi connectivity index (χ0v) is 12.0. The van der Waals surface area contributed by atoms with Gasteiger partial charge in [-0.15, -0.1) is 11.3 Å². The molecule has 0 unspecified atom stereocenters. The molecule has 4 nitrogen and oxygen atoms in total. The topological polar surface area (TPSA) is 46.9 Å². The number of nitrogens with zero attached hydrogens (tertiary/aromatic N) is 2. The number of carbonyl (C=O) groups excluding carboxylic acids is 1. The molecule has 1 aliphatic rings. The van der Waals surface area contributed by atoms with Crippen molar-refractivity contribution in [2.24, 2.45) is 0 Å². The fraction of sp³-hybridized carbons (Fsp3) is 0.429. The van der Waals surface area contributed by atoms with E-state index in [-0.39, 0.29) is 5.91 Å². The van der Waals surface area contributed by atoms with Crippen LogP contribution in [-0.2, 0) is 13.0 Å². The monoisotopic (exact) mass is 275 g/mol. The summed E-state index contributed by atoms with van der Waals surface area (Å²) in [4.78, 5) is 17.7. The summed E-state index contributed by atoms with van der Waals surface area (Å²) >= 11 is 1.55. The van der Waals surface area contributed by atoms with Crippen LogP contribution >= 0.6 is 11.3 Å². The average molecular weight is 275 g/mol. The predicted octanol–water partition coefficient (Wildman–Crippen LogP) is 3.27. The van der Waals surface area contributed by atoms with Crippen molar-refractivity contribution in [1.29, 1.82) is 0 Å². The number of rotatable bonds is 3. The molecule has 1 N–H and O–H groups in total. The Morgan fingerprint density at radius 3 is 3.11 bits per heavy atom. The Balaban J connectivity index is 1.77. The normalized spacial score (nSPS) is 13.8. The van der Waals surface area contributed by atoms with Crippen LogP contribution in [0.5, 0.6) is 0 Å². The summed E-state index contributed by atoms with van der Waals surface area (Å²) in [5.41, 5.74) is 1.94. The first-order valence-corrected chi connectivity index (χ1v) is 7.42. The molecule has 0 bridgehead atoms. The van der Waals surface area contributed by atoms with E-state index in [4.69, 9.17) is 0 Å². The molecule has 5 heteroatoms. The fourth-order valence-corrected chi connectivity index (χ4v) is 3.21. The standard InChI is InChI=1S/C14H17N3OS/c1-9(2)12-8-15-14(19-12)16-13(18)10-5-7-17-6-3-4-11(10)17/h5,7-9H,3-4,6H2,1-2H3,(H,15,16,18). The van der Waals surface area contributed by atoms with Gasteiger partial charge >= 0.3 is 0 Å². The molecule has 0 fully saturated rings. The SMILES string of the molecule is CC(C)c1cnc(NC(=O)c2ccn3c2CCC3)s1. The van der Waals surface area contributed by atoms with Crippen molar-refractivity contribution in [3.63, 3.8) is 0 Å². The lowest BCUT2D eigenvalue weighted by molar-refractivity contribution is 0.102. The van der Waals surface area contributed by atoms with Crippen LogP contribution < -0.4 is 5.32 Å². The van der Waals surface area contributed by atoms with Crippen LogP contribution in [0.25, 0.3) is 0 Å². The summed E-state index contributed by atoms with van der Waals surface area (Å²) in [5.74, 6) is 0.405. The van der Waals surface area contributed by atoms with Gasteiger partial charge in [-0.3, -0.25) is 10.1 Å². The Bertz CT molecular complexity index is 612. The Morgan fingerprint density at radius 1 is 1.53 bits per heavy atom. The second-order valence-electron chi connectivity index (χ2n) is 5.15. The van der Waals surface area contributed by atoms with Gasteiger partial charge in [0.25, 0.3) is 5.91 Å². The largest absolute Gasteiger partial charge is 0.351 e. The lowest BCUT2D eigenvalue weighted by atomic mass is 10.2. The van der Waals surface area contributed by atoms with Crippen molar-refractivity contribution in [1.82, 2.24) is 9.55 Å². The summed E-state index contributed by atoms with van der Waals surface area (Å²) in [6, 6.07) is 1.90. The third-order valence-corrected chi connectivity index (χ3v) is 4.66. The lowest BCUT2D eigenvalue weighted by Crippen LogP contribution is -2.12. The molecule has 1 amide bonds. The summed E-state index contributed by atoms with van der Waals surface area (Å²) in [7, 11) is 0. The molecular weight excluding hydrogens is 258 g/mol. The Morgan fingerprint density at radius 2 is 2.37 bits per heavy atom. The molecule has 2 aromatic heterocycles. The molecule has 0 saturated carbocycles. The maximum atomic E-state index is 12.3. The third kappa shape index (κ3) is 2.30. The number of nitrogens with one attached hydrogen (secondary N) is 1. The number of anilines is 1. The molecule has 3 heterocycles. The third-order valence-electron chi connectivity index (χ3n) is 3.45. The van der Waals surface area contributed by atoms with Gasteiger partial charge in [0.15, 0.2) is 5.13 Å². The highest BCUT2D eigenvalue weighted by molar-refractivity contribution is 7.15. The highest BCUT2D eigenvalue weighted by atomic mass is 32.1. The highest BCUT2D eigenvalue weighted by Crippen LogP contribution is 2.26. The first-order chi connectivity index (χ1) is 9.15. The summed E-state index contributed by atoms with van der Waals surface area (Å²) in [6.45, 7) is 5.27. The van der Waals surface area contributed by atoms with E-state index in [0.717, 1.165) is 30.6 Å². The molecule has 100 valence electrons. The van der Waals surface area contributed by atoms with Gasteiger partial charge in [-0.1, -0.05) is 13.8 Å². The second-order valence-corrected chi connectivity index (χ2v) is 6.21. The molecule has 0 aliphatic carbocycles. The molecule has 0 radical (unpaired) electrons. The molecule has 0 saturated heterocycles. The molecular formula is C14H17N3OS. The van der Waals surface area contributed by atoms with E-state index in [9.17, 15) is 4.79 Å². The van der Waals surface area contributed by atoms with Crippen molar-refractivity contribution in [2.45, 2.75) is 39.2 Å².